The van der Waals surface area contributed by atoms with Crippen LogP contribution >= 0.6 is 0 Å². The average molecular weight is 248 g/mol. The van der Waals surface area contributed by atoms with Crippen LogP contribution in [0, 0.1) is 5.53 Å². The fourth-order valence-electron chi connectivity index (χ4n) is 1.55. The molecule has 0 bridgehead atoms. The van der Waals surface area contributed by atoms with E-state index >= 15 is 0 Å². The van der Waals surface area contributed by atoms with Crippen LogP contribution in [-0.2, 0) is 9.63 Å². The highest BCUT2D eigenvalue weighted by Crippen LogP contribution is 2.26. The van der Waals surface area contributed by atoms with Gasteiger partial charge in [-0.25, -0.2) is 15.3 Å². The van der Waals surface area contributed by atoms with Crippen molar-refractivity contribution in [3.05, 3.63) is 35.7 Å². The summed E-state index contributed by atoms with van der Waals surface area (Å²) in [6.07, 6.45) is 0. The molecular weight excluding hydrogens is 236 g/mol. The van der Waals surface area contributed by atoms with Gasteiger partial charge < -0.3 is 9.57 Å². The van der Waals surface area contributed by atoms with Crippen molar-refractivity contribution in [2.24, 2.45) is 5.11 Å². The predicted octanol–water partition coefficient (Wildman–Crippen LogP) is 1.74. The molecule has 1 aliphatic rings. The van der Waals surface area contributed by atoms with Crippen LogP contribution in [0.3, 0.4) is 0 Å². The second-order valence-electron chi connectivity index (χ2n) is 3.56. The minimum Gasteiger partial charge on any atom is -0.497 e. The Hall–Kier alpha value is -2.41. The van der Waals surface area contributed by atoms with Crippen molar-refractivity contribution in [1.82, 2.24) is 5.59 Å². The third-order valence-electron chi connectivity index (χ3n) is 2.49. The smallest absolute Gasteiger partial charge is 0.378 e. The minimum atomic E-state index is -0.570. The summed E-state index contributed by atoms with van der Waals surface area (Å²) in [6, 6.07) is 7.02. The van der Waals surface area contributed by atoms with Gasteiger partial charge in [-0.05, 0) is 31.2 Å². The van der Waals surface area contributed by atoms with Crippen LogP contribution in [0.5, 0.6) is 5.75 Å². The highest BCUT2D eigenvalue weighted by Gasteiger charge is 2.31. The summed E-state index contributed by atoms with van der Waals surface area (Å²) < 4.78 is 5.05. The van der Waals surface area contributed by atoms with Crippen LogP contribution in [0.1, 0.15) is 6.92 Å². The number of rotatable bonds is 3. The Morgan fingerprint density at radius 3 is 2.67 bits per heavy atom. The van der Waals surface area contributed by atoms with E-state index in [4.69, 9.17) is 15.1 Å². The van der Waals surface area contributed by atoms with E-state index in [1.165, 1.54) is 5.01 Å². The number of ether oxygens (including phenoxy) is 1. The van der Waals surface area contributed by atoms with E-state index in [0.29, 0.717) is 11.4 Å². The number of allylic oxidation sites excluding steroid dienone is 1. The number of hydrogen-bond donors (Lipinski definition) is 2. The van der Waals surface area contributed by atoms with Crippen molar-refractivity contribution in [2.45, 2.75) is 6.92 Å². The molecule has 1 saturated heterocycles. The molecule has 94 valence electrons. The standard InChI is InChI=1S/C11H12N4O3/c1-7(13-12)10-11(16)18-14-15(10)8-3-5-9(17-2)6-4-8/h3-6,12,14H,1-2H3/b10-7+,13-12?. The summed E-state index contributed by atoms with van der Waals surface area (Å²) >= 11 is 0. The van der Waals surface area contributed by atoms with E-state index in [2.05, 4.69) is 10.7 Å². The van der Waals surface area contributed by atoms with Gasteiger partial charge in [-0.3, -0.25) is 0 Å². The van der Waals surface area contributed by atoms with Gasteiger partial charge in [0.2, 0.25) is 0 Å². The Labute approximate surface area is 103 Å². The van der Waals surface area contributed by atoms with Crippen molar-refractivity contribution < 1.29 is 14.4 Å². The fraction of sp³-hybridized carbons (Fsp3) is 0.182. The molecule has 0 atom stereocenters. The van der Waals surface area contributed by atoms with Crippen LogP contribution in [0.4, 0.5) is 5.69 Å². The quantitative estimate of drug-likeness (QED) is 0.628. The number of carbonyl (C=O) groups excluding carboxylic acids is 1. The molecule has 7 nitrogen and oxygen atoms in total. The summed E-state index contributed by atoms with van der Waals surface area (Å²) in [6.45, 7) is 1.56. The molecule has 0 saturated carbocycles. The molecule has 2 rings (SSSR count). The summed E-state index contributed by atoms with van der Waals surface area (Å²) in [7, 11) is 1.57. The van der Waals surface area contributed by atoms with Crippen LogP contribution in [0.15, 0.2) is 40.8 Å². The minimum absolute atomic E-state index is 0.190. The zero-order valence-electron chi connectivity index (χ0n) is 9.93. The zero-order chi connectivity index (χ0) is 13.1. The normalized spacial score (nSPS) is 17.4. The maximum Gasteiger partial charge on any atom is 0.378 e. The van der Waals surface area contributed by atoms with Gasteiger partial charge in [-0.15, -0.1) is 0 Å². The molecule has 1 aromatic rings. The number of anilines is 1. The number of methoxy groups -OCH3 is 1. The van der Waals surface area contributed by atoms with Crippen LogP contribution < -0.4 is 15.3 Å². The largest absolute Gasteiger partial charge is 0.497 e. The molecule has 1 heterocycles. The van der Waals surface area contributed by atoms with E-state index in [0.717, 1.165) is 0 Å². The fourth-order valence-corrected chi connectivity index (χ4v) is 1.55. The Balaban J connectivity index is 2.37. The Morgan fingerprint density at radius 2 is 2.11 bits per heavy atom. The molecule has 7 heteroatoms. The van der Waals surface area contributed by atoms with E-state index < -0.39 is 5.97 Å². The Bertz CT molecular complexity index is 510. The molecule has 0 aromatic heterocycles. The summed E-state index contributed by atoms with van der Waals surface area (Å²) in [5.41, 5.74) is 10.6. The van der Waals surface area contributed by atoms with Crippen molar-refractivity contribution in [3.8, 4) is 5.75 Å². The third kappa shape index (κ3) is 2.03. The molecule has 0 radical (unpaired) electrons. The summed E-state index contributed by atoms with van der Waals surface area (Å²) in [5, 5.41) is 4.68. The number of hydrazine groups is 1. The topological polar surface area (TPSA) is 87.0 Å². The average Bonchev–Trinajstić information content (AvgIpc) is 2.80. The van der Waals surface area contributed by atoms with E-state index in [1.54, 1.807) is 38.3 Å². The first kappa shape index (κ1) is 12.1. The lowest BCUT2D eigenvalue weighted by Gasteiger charge is -2.16. The molecule has 1 aliphatic heterocycles. The zero-order valence-corrected chi connectivity index (χ0v) is 9.93. The highest BCUT2D eigenvalue weighted by atomic mass is 16.7. The van der Waals surface area contributed by atoms with E-state index in [1.807, 2.05) is 0 Å². The molecule has 1 fully saturated rings. The number of benzene rings is 1. The summed E-state index contributed by atoms with van der Waals surface area (Å²) in [4.78, 5) is 16.2. The van der Waals surface area contributed by atoms with Crippen molar-refractivity contribution in [3.63, 3.8) is 0 Å². The molecule has 0 amide bonds. The van der Waals surface area contributed by atoms with Crippen molar-refractivity contribution in [2.75, 3.05) is 12.1 Å². The molecule has 0 unspecified atom stereocenters. The van der Waals surface area contributed by atoms with Gasteiger partial charge in [0, 0.05) is 0 Å². The second-order valence-corrected chi connectivity index (χ2v) is 3.56. The van der Waals surface area contributed by atoms with Gasteiger partial charge in [0.25, 0.3) is 0 Å². The van der Waals surface area contributed by atoms with Gasteiger partial charge in [0.1, 0.15) is 5.75 Å². The van der Waals surface area contributed by atoms with Gasteiger partial charge in [0.05, 0.1) is 18.5 Å². The molecule has 18 heavy (non-hydrogen) atoms. The monoisotopic (exact) mass is 248 g/mol. The molecular formula is C11H12N4O3. The second kappa shape index (κ2) is 4.84. The molecule has 0 spiro atoms. The SMILES string of the molecule is COc1ccc(N2NOC(=O)/C2=C(/C)N=N)cc1. The van der Waals surface area contributed by atoms with Crippen LogP contribution in [0.25, 0.3) is 0 Å². The van der Waals surface area contributed by atoms with E-state index in [-0.39, 0.29) is 11.4 Å². The Morgan fingerprint density at radius 1 is 1.44 bits per heavy atom. The number of hydrogen-bond acceptors (Lipinski definition) is 7. The number of carbonyl (C=O) groups is 1. The van der Waals surface area contributed by atoms with Gasteiger partial charge >= 0.3 is 5.97 Å². The number of nitrogens with zero attached hydrogens (tertiary/aromatic N) is 2. The first-order chi connectivity index (χ1) is 8.67. The van der Waals surface area contributed by atoms with Crippen LogP contribution in [0.2, 0.25) is 0 Å². The van der Waals surface area contributed by atoms with Crippen molar-refractivity contribution >= 4 is 11.7 Å². The molecule has 2 N–H and O–H groups in total. The predicted molar refractivity (Wildman–Crippen MR) is 62.5 cm³/mol. The summed E-state index contributed by atoms with van der Waals surface area (Å²) in [5.74, 6) is 0.136. The molecule has 0 aliphatic carbocycles. The maximum absolute atomic E-state index is 11.5. The van der Waals surface area contributed by atoms with Crippen molar-refractivity contribution in [1.29, 1.82) is 5.53 Å². The first-order valence-electron chi connectivity index (χ1n) is 5.16. The lowest BCUT2D eigenvalue weighted by Crippen LogP contribution is -2.29. The van der Waals surface area contributed by atoms with Gasteiger partial charge in [0.15, 0.2) is 5.70 Å². The Kier molecular flexibility index (Phi) is 3.24. The lowest BCUT2D eigenvalue weighted by atomic mass is 10.2. The van der Waals surface area contributed by atoms with Gasteiger partial charge in [-0.2, -0.15) is 5.11 Å². The lowest BCUT2D eigenvalue weighted by molar-refractivity contribution is -0.140. The number of nitrogens with one attached hydrogen (secondary N) is 2. The van der Waals surface area contributed by atoms with Crippen LogP contribution in [-0.4, -0.2) is 13.1 Å². The van der Waals surface area contributed by atoms with Gasteiger partial charge in [-0.1, -0.05) is 5.59 Å². The third-order valence-corrected chi connectivity index (χ3v) is 2.49. The molecule has 1 aromatic carbocycles. The first-order valence-corrected chi connectivity index (χ1v) is 5.16. The van der Waals surface area contributed by atoms with E-state index in [9.17, 15) is 4.79 Å². The maximum atomic E-state index is 11.5. The highest BCUT2D eigenvalue weighted by molar-refractivity contribution is 5.95.